The minimum Gasteiger partial charge on any atom is -0.477 e. The topological polar surface area (TPSA) is 97.1 Å². The zero-order valence-electron chi connectivity index (χ0n) is 13.5. The lowest BCUT2D eigenvalue weighted by Crippen LogP contribution is -2.34. The van der Waals surface area contributed by atoms with Crippen LogP contribution in [0.4, 0.5) is 0 Å². The molecule has 130 valence electrons. The van der Waals surface area contributed by atoms with Gasteiger partial charge in [-0.1, -0.05) is 28.1 Å². The van der Waals surface area contributed by atoms with Crippen molar-refractivity contribution in [1.29, 1.82) is 0 Å². The third-order valence-corrected chi connectivity index (χ3v) is 4.86. The number of nitrogens with zero attached hydrogens (tertiary/aromatic N) is 2. The second-order valence-electron chi connectivity index (χ2n) is 5.84. The fourth-order valence-corrected chi connectivity index (χ4v) is 3.59. The van der Waals surface area contributed by atoms with Crippen LogP contribution in [0.3, 0.4) is 0 Å². The number of H-pyrrole nitrogens is 1. The lowest BCUT2D eigenvalue weighted by molar-refractivity contribution is 0.0687. The second kappa shape index (κ2) is 5.70. The lowest BCUT2D eigenvalue weighted by atomic mass is 10.2. The van der Waals surface area contributed by atoms with E-state index in [1.807, 2.05) is 0 Å². The Morgan fingerprint density at radius 2 is 1.85 bits per heavy atom. The van der Waals surface area contributed by atoms with Crippen molar-refractivity contribution >= 4 is 43.7 Å². The van der Waals surface area contributed by atoms with Crippen LogP contribution in [0.5, 0.6) is 0 Å². The molecule has 0 radical (unpaired) electrons. The van der Waals surface area contributed by atoms with Gasteiger partial charge < -0.3 is 14.7 Å². The molecule has 0 saturated heterocycles. The number of aromatic amines is 1. The van der Waals surface area contributed by atoms with E-state index in [1.54, 1.807) is 49.5 Å². The van der Waals surface area contributed by atoms with Gasteiger partial charge in [0.25, 0.3) is 5.56 Å². The van der Waals surface area contributed by atoms with Crippen molar-refractivity contribution in [1.82, 2.24) is 14.1 Å². The first-order valence-electron chi connectivity index (χ1n) is 7.66. The quantitative estimate of drug-likeness (QED) is 0.527. The number of rotatable bonds is 2. The third kappa shape index (κ3) is 2.22. The lowest BCUT2D eigenvalue weighted by Gasteiger charge is -2.07. The molecule has 0 aliphatic rings. The van der Waals surface area contributed by atoms with E-state index in [9.17, 15) is 19.5 Å². The molecule has 0 atom stereocenters. The van der Waals surface area contributed by atoms with Gasteiger partial charge in [-0.05, 0) is 30.3 Å². The number of hydrogen-bond donors (Lipinski definition) is 2. The molecule has 2 N–H and O–H groups in total. The van der Waals surface area contributed by atoms with Crippen molar-refractivity contribution in [2.45, 2.75) is 0 Å². The number of benzene rings is 2. The van der Waals surface area contributed by atoms with Gasteiger partial charge in [-0.25, -0.2) is 14.2 Å². The van der Waals surface area contributed by atoms with Gasteiger partial charge in [-0.3, -0.25) is 4.79 Å². The van der Waals surface area contributed by atoms with Crippen LogP contribution in [-0.2, 0) is 7.05 Å². The smallest absolute Gasteiger partial charge is 0.354 e. The van der Waals surface area contributed by atoms with Crippen LogP contribution in [0.25, 0.3) is 27.5 Å². The first-order valence-corrected chi connectivity index (χ1v) is 8.45. The van der Waals surface area contributed by atoms with Crippen molar-refractivity contribution in [2.24, 2.45) is 7.05 Å². The van der Waals surface area contributed by atoms with Crippen molar-refractivity contribution in [3.05, 3.63) is 73.5 Å². The highest BCUT2D eigenvalue weighted by molar-refractivity contribution is 9.10. The van der Waals surface area contributed by atoms with Crippen LogP contribution in [0.1, 0.15) is 10.5 Å². The normalized spacial score (nSPS) is 11.3. The van der Waals surface area contributed by atoms with E-state index in [-0.39, 0.29) is 11.4 Å². The van der Waals surface area contributed by atoms with Crippen LogP contribution in [-0.4, -0.2) is 25.2 Å². The van der Waals surface area contributed by atoms with Gasteiger partial charge >= 0.3 is 11.7 Å². The van der Waals surface area contributed by atoms with Gasteiger partial charge in [0, 0.05) is 16.9 Å². The summed E-state index contributed by atoms with van der Waals surface area (Å²) in [5.74, 6) is -1.23. The zero-order chi connectivity index (χ0) is 18.6. The summed E-state index contributed by atoms with van der Waals surface area (Å²) in [7, 11) is 1.59. The molecule has 4 aromatic rings. The van der Waals surface area contributed by atoms with Crippen LogP contribution >= 0.6 is 15.9 Å². The summed E-state index contributed by atoms with van der Waals surface area (Å²) in [5.41, 5.74) is -0.352. The fraction of sp³-hybridized carbons (Fsp3) is 0.0556. The van der Waals surface area contributed by atoms with Crippen molar-refractivity contribution in [2.75, 3.05) is 0 Å². The van der Waals surface area contributed by atoms with Crippen molar-refractivity contribution < 1.29 is 9.90 Å². The van der Waals surface area contributed by atoms with Gasteiger partial charge in [0.15, 0.2) is 5.69 Å². The average molecular weight is 414 g/mol. The maximum Gasteiger partial charge on any atom is 0.354 e. The Balaban J connectivity index is 2.27. The van der Waals surface area contributed by atoms with Gasteiger partial charge in [0.1, 0.15) is 0 Å². The molecule has 0 saturated carbocycles. The maximum atomic E-state index is 13.0. The number of carboxylic acids is 1. The highest BCUT2D eigenvalue weighted by atomic mass is 79.9. The van der Waals surface area contributed by atoms with E-state index in [0.29, 0.717) is 26.3 Å². The molecule has 0 aliphatic heterocycles. The number of carboxylic acid groups (broad SMARTS) is 1. The Hall–Kier alpha value is -3.13. The molecule has 0 unspecified atom stereocenters. The monoisotopic (exact) mass is 413 g/mol. The minimum atomic E-state index is -1.23. The average Bonchev–Trinajstić information content (AvgIpc) is 2.87. The number of aromatic carboxylic acids is 1. The molecule has 2 heterocycles. The summed E-state index contributed by atoms with van der Waals surface area (Å²) in [4.78, 5) is 40.2. The molecule has 4 rings (SSSR count). The van der Waals surface area contributed by atoms with E-state index in [2.05, 4.69) is 20.9 Å². The van der Waals surface area contributed by atoms with Gasteiger partial charge in [-0.15, -0.1) is 0 Å². The van der Waals surface area contributed by atoms with Gasteiger partial charge in [0.2, 0.25) is 0 Å². The Kier molecular flexibility index (Phi) is 3.58. The number of hydrogen-bond acceptors (Lipinski definition) is 3. The van der Waals surface area contributed by atoms with Crippen molar-refractivity contribution in [3.63, 3.8) is 0 Å². The molecule has 0 amide bonds. The molecular weight excluding hydrogens is 402 g/mol. The summed E-state index contributed by atoms with van der Waals surface area (Å²) < 4.78 is 3.06. The molecule has 2 aromatic carbocycles. The summed E-state index contributed by atoms with van der Waals surface area (Å²) in [5, 5.41) is 10.5. The van der Waals surface area contributed by atoms with E-state index in [1.165, 1.54) is 4.57 Å². The highest BCUT2D eigenvalue weighted by Gasteiger charge is 2.25. The van der Waals surface area contributed by atoms with Crippen LogP contribution in [0.2, 0.25) is 0 Å². The number of aromatic nitrogens is 3. The van der Waals surface area contributed by atoms with E-state index in [0.717, 1.165) is 4.57 Å². The predicted octanol–water partition coefficient (Wildman–Crippen LogP) is 2.63. The molecule has 8 heteroatoms. The van der Waals surface area contributed by atoms with E-state index < -0.39 is 17.2 Å². The summed E-state index contributed by atoms with van der Waals surface area (Å²) >= 11 is 3.36. The fourth-order valence-electron chi connectivity index (χ4n) is 3.23. The largest absolute Gasteiger partial charge is 0.477 e. The SMILES string of the molecule is Cn1c(C(=O)O)c(-n2c(=O)[nH]c3ccccc3c2=O)c2cc(Br)ccc21. The number of para-hydroxylation sites is 1. The first kappa shape index (κ1) is 16.3. The van der Waals surface area contributed by atoms with E-state index in [4.69, 9.17) is 0 Å². The predicted molar refractivity (Wildman–Crippen MR) is 101 cm³/mol. The Morgan fingerprint density at radius 3 is 2.58 bits per heavy atom. The number of carbonyl (C=O) groups is 1. The Labute approximate surface area is 154 Å². The van der Waals surface area contributed by atoms with Crippen LogP contribution < -0.4 is 11.2 Å². The number of aryl methyl sites for hydroxylation is 1. The summed E-state index contributed by atoms with van der Waals surface area (Å²) in [6.45, 7) is 0. The third-order valence-electron chi connectivity index (χ3n) is 4.37. The van der Waals surface area contributed by atoms with Crippen molar-refractivity contribution in [3.8, 4) is 5.69 Å². The van der Waals surface area contributed by atoms with Crippen LogP contribution in [0.15, 0.2) is 56.5 Å². The molecular formula is C18H12BrN3O4. The molecule has 0 bridgehead atoms. The number of fused-ring (bicyclic) bond motifs is 2. The second-order valence-corrected chi connectivity index (χ2v) is 6.75. The molecule has 0 aliphatic carbocycles. The van der Waals surface area contributed by atoms with Gasteiger partial charge in [0.05, 0.1) is 22.1 Å². The Morgan fingerprint density at radius 1 is 1.12 bits per heavy atom. The molecule has 0 spiro atoms. The zero-order valence-corrected chi connectivity index (χ0v) is 15.1. The molecule has 2 aromatic heterocycles. The Bertz CT molecular complexity index is 1330. The first-order chi connectivity index (χ1) is 12.4. The van der Waals surface area contributed by atoms with Crippen LogP contribution in [0, 0.1) is 0 Å². The molecule has 7 nitrogen and oxygen atoms in total. The molecule has 26 heavy (non-hydrogen) atoms. The maximum absolute atomic E-state index is 13.0. The standard InChI is InChI=1S/C18H12BrN3O4/c1-21-13-7-6-9(19)8-11(13)14(15(21)17(24)25)22-16(23)10-4-2-3-5-12(10)20-18(22)26/h2-8H,1H3,(H,20,26)(H,24,25). The summed E-state index contributed by atoms with van der Waals surface area (Å²) in [6, 6.07) is 11.8. The van der Waals surface area contributed by atoms with E-state index >= 15 is 0 Å². The minimum absolute atomic E-state index is 0.0494. The summed E-state index contributed by atoms with van der Waals surface area (Å²) in [6.07, 6.45) is 0. The molecule has 0 fully saturated rings. The number of halogens is 1. The number of nitrogens with one attached hydrogen (secondary N) is 1. The van der Waals surface area contributed by atoms with Gasteiger partial charge in [-0.2, -0.15) is 0 Å². The highest BCUT2D eigenvalue weighted by Crippen LogP contribution is 2.30.